The summed E-state index contributed by atoms with van der Waals surface area (Å²) in [5.41, 5.74) is 2.89. The van der Waals surface area contributed by atoms with Gasteiger partial charge >= 0.3 is 0 Å². The Labute approximate surface area is 167 Å². The number of nitrogens with one attached hydrogen (secondary N) is 1. The smallest absolute Gasteiger partial charge is 0.229 e. The lowest BCUT2D eigenvalue weighted by molar-refractivity contribution is -0.120. The molecular formula is C20H20ClN5O2. The third kappa shape index (κ3) is 3.84. The fraction of sp³-hybridized carbons (Fsp3) is 0.300. The van der Waals surface area contributed by atoms with E-state index in [9.17, 15) is 4.79 Å². The Hall–Kier alpha value is -2.93. The highest BCUT2D eigenvalue weighted by Crippen LogP contribution is 2.30. The minimum Gasteiger partial charge on any atom is -0.495 e. The molecular weight excluding hydrogens is 378 g/mol. The van der Waals surface area contributed by atoms with Gasteiger partial charge in [-0.05, 0) is 37.1 Å². The third-order valence-corrected chi connectivity index (χ3v) is 5.12. The predicted octanol–water partition coefficient (Wildman–Crippen LogP) is 3.54. The van der Waals surface area contributed by atoms with Gasteiger partial charge in [0.05, 0.1) is 30.6 Å². The third-order valence-electron chi connectivity index (χ3n) is 4.89. The van der Waals surface area contributed by atoms with Crippen LogP contribution >= 0.6 is 11.6 Å². The molecule has 1 amide bonds. The van der Waals surface area contributed by atoms with Crippen molar-refractivity contribution in [2.75, 3.05) is 30.4 Å². The molecule has 1 N–H and O–H groups in total. The van der Waals surface area contributed by atoms with Gasteiger partial charge in [0.15, 0.2) is 5.65 Å². The van der Waals surface area contributed by atoms with Crippen LogP contribution in [0, 0.1) is 5.92 Å². The van der Waals surface area contributed by atoms with Crippen molar-refractivity contribution in [2.45, 2.75) is 12.8 Å². The number of hydrogen-bond donors (Lipinski definition) is 1. The maximum atomic E-state index is 12.9. The molecule has 1 aliphatic heterocycles. The van der Waals surface area contributed by atoms with E-state index in [0.717, 1.165) is 30.6 Å². The van der Waals surface area contributed by atoms with Crippen LogP contribution in [-0.2, 0) is 4.79 Å². The van der Waals surface area contributed by atoms with Crippen molar-refractivity contribution in [3.63, 3.8) is 0 Å². The van der Waals surface area contributed by atoms with Crippen LogP contribution in [0.15, 0.2) is 42.9 Å². The molecule has 28 heavy (non-hydrogen) atoms. The first-order valence-electron chi connectivity index (χ1n) is 9.10. The van der Waals surface area contributed by atoms with Crippen LogP contribution in [0.5, 0.6) is 5.75 Å². The quantitative estimate of drug-likeness (QED) is 0.725. The van der Waals surface area contributed by atoms with Gasteiger partial charge in [-0.15, -0.1) is 0 Å². The molecule has 0 spiro atoms. The molecule has 1 unspecified atom stereocenters. The highest BCUT2D eigenvalue weighted by Gasteiger charge is 2.27. The molecule has 0 bridgehead atoms. The molecule has 1 atom stereocenters. The fourth-order valence-corrected chi connectivity index (χ4v) is 3.63. The number of carbonyl (C=O) groups excluding carboxylic acids is 1. The Morgan fingerprint density at radius 1 is 1.25 bits per heavy atom. The molecule has 3 aromatic rings. The van der Waals surface area contributed by atoms with Gasteiger partial charge < -0.3 is 15.0 Å². The van der Waals surface area contributed by atoms with Crippen LogP contribution in [0.3, 0.4) is 0 Å². The Morgan fingerprint density at radius 2 is 2.11 bits per heavy atom. The Morgan fingerprint density at radius 3 is 2.96 bits per heavy atom. The number of carbonyl (C=O) groups is 1. The van der Waals surface area contributed by atoms with Crippen molar-refractivity contribution >= 4 is 40.0 Å². The number of ether oxygens (including phenoxy) is 1. The number of amides is 1. The number of piperidine rings is 1. The minimum atomic E-state index is -0.144. The number of fused-ring (bicyclic) bond motifs is 1. The van der Waals surface area contributed by atoms with Gasteiger partial charge in [0.1, 0.15) is 11.3 Å². The lowest BCUT2D eigenvalue weighted by Crippen LogP contribution is -2.40. The number of nitrogens with zero attached hydrogens (tertiary/aromatic N) is 4. The molecule has 0 radical (unpaired) electrons. The molecule has 0 aliphatic carbocycles. The molecule has 8 heteroatoms. The number of halogens is 1. The number of aromatic nitrogens is 3. The van der Waals surface area contributed by atoms with Crippen LogP contribution in [0.4, 0.5) is 11.4 Å². The van der Waals surface area contributed by atoms with Crippen LogP contribution in [-0.4, -0.2) is 41.1 Å². The van der Waals surface area contributed by atoms with Crippen LogP contribution in [0.2, 0.25) is 5.02 Å². The second-order valence-corrected chi connectivity index (χ2v) is 7.15. The Balaban J connectivity index is 1.50. The molecule has 7 nitrogen and oxygen atoms in total. The van der Waals surface area contributed by atoms with E-state index in [1.165, 1.54) is 0 Å². The summed E-state index contributed by atoms with van der Waals surface area (Å²) in [6.45, 7) is 1.49. The molecule has 4 rings (SSSR count). The van der Waals surface area contributed by atoms with E-state index in [1.54, 1.807) is 43.9 Å². The number of anilines is 2. The zero-order chi connectivity index (χ0) is 19.5. The minimum absolute atomic E-state index is 0.0428. The van der Waals surface area contributed by atoms with Crippen molar-refractivity contribution < 1.29 is 9.53 Å². The van der Waals surface area contributed by atoms with E-state index in [2.05, 4.69) is 25.2 Å². The number of methoxy groups -OCH3 is 1. The second-order valence-electron chi connectivity index (χ2n) is 6.71. The fourth-order valence-electron chi connectivity index (χ4n) is 3.46. The van der Waals surface area contributed by atoms with Gasteiger partial charge in [0.2, 0.25) is 5.91 Å². The van der Waals surface area contributed by atoms with Crippen LogP contribution in [0.1, 0.15) is 12.8 Å². The molecule has 1 aliphatic rings. The zero-order valence-electron chi connectivity index (χ0n) is 15.4. The summed E-state index contributed by atoms with van der Waals surface area (Å²) in [4.78, 5) is 27.9. The van der Waals surface area contributed by atoms with E-state index >= 15 is 0 Å². The molecule has 0 saturated carbocycles. The molecule has 3 heterocycles. The van der Waals surface area contributed by atoms with Crippen molar-refractivity contribution in [1.82, 2.24) is 15.0 Å². The Bertz CT molecular complexity index is 1010. The van der Waals surface area contributed by atoms with Crippen LogP contribution in [0.25, 0.3) is 11.2 Å². The van der Waals surface area contributed by atoms with Crippen molar-refractivity contribution in [1.29, 1.82) is 0 Å². The molecule has 1 fully saturated rings. The summed E-state index contributed by atoms with van der Waals surface area (Å²) in [6, 6.07) is 7.14. The molecule has 2 aromatic heterocycles. The zero-order valence-corrected chi connectivity index (χ0v) is 16.2. The lowest BCUT2D eigenvalue weighted by atomic mass is 9.96. The summed E-state index contributed by atoms with van der Waals surface area (Å²) < 4.78 is 5.31. The number of rotatable bonds is 4. The van der Waals surface area contributed by atoms with Gasteiger partial charge in [-0.2, -0.15) is 0 Å². The van der Waals surface area contributed by atoms with Gasteiger partial charge in [0, 0.05) is 30.5 Å². The summed E-state index contributed by atoms with van der Waals surface area (Å²) in [6.07, 6.45) is 6.81. The molecule has 144 valence electrons. The van der Waals surface area contributed by atoms with Gasteiger partial charge in [-0.1, -0.05) is 11.6 Å². The highest BCUT2D eigenvalue weighted by molar-refractivity contribution is 6.31. The first kappa shape index (κ1) is 18.4. The summed E-state index contributed by atoms with van der Waals surface area (Å²) in [7, 11) is 1.57. The average Bonchev–Trinajstić information content (AvgIpc) is 2.73. The van der Waals surface area contributed by atoms with E-state index in [0.29, 0.717) is 28.7 Å². The maximum Gasteiger partial charge on any atom is 0.229 e. The normalized spacial score (nSPS) is 16.8. The van der Waals surface area contributed by atoms with Gasteiger partial charge in [-0.25, -0.2) is 9.97 Å². The van der Waals surface area contributed by atoms with Gasteiger partial charge in [0.25, 0.3) is 0 Å². The molecule has 1 saturated heterocycles. The monoisotopic (exact) mass is 397 g/mol. The standard InChI is InChI=1S/C20H20ClN5O2/c1-28-18-5-4-14(21)9-16(18)25-20(27)13-3-2-8-26(12-13)15-10-17-19(24-11-15)23-7-6-22-17/h4-7,9-11,13H,2-3,8,12H2,1H3,(H,25,27). The molecule has 1 aromatic carbocycles. The summed E-state index contributed by atoms with van der Waals surface area (Å²) in [5.74, 6) is 0.400. The van der Waals surface area contributed by atoms with E-state index in [4.69, 9.17) is 16.3 Å². The number of benzene rings is 1. The van der Waals surface area contributed by atoms with Gasteiger partial charge in [-0.3, -0.25) is 9.78 Å². The summed E-state index contributed by atoms with van der Waals surface area (Å²) >= 11 is 6.06. The first-order chi connectivity index (χ1) is 13.6. The predicted molar refractivity (Wildman–Crippen MR) is 109 cm³/mol. The maximum absolute atomic E-state index is 12.9. The average molecular weight is 398 g/mol. The Kier molecular flexibility index (Phi) is 5.25. The van der Waals surface area contributed by atoms with E-state index in [1.807, 2.05) is 6.07 Å². The topological polar surface area (TPSA) is 80.2 Å². The van der Waals surface area contributed by atoms with E-state index in [-0.39, 0.29) is 11.8 Å². The van der Waals surface area contributed by atoms with Crippen molar-refractivity contribution in [3.8, 4) is 5.75 Å². The van der Waals surface area contributed by atoms with Crippen molar-refractivity contribution in [2.24, 2.45) is 5.92 Å². The largest absolute Gasteiger partial charge is 0.495 e. The second kappa shape index (κ2) is 7.98. The lowest BCUT2D eigenvalue weighted by Gasteiger charge is -2.33. The van der Waals surface area contributed by atoms with Crippen LogP contribution < -0.4 is 15.0 Å². The summed E-state index contributed by atoms with van der Waals surface area (Å²) in [5, 5.41) is 3.51. The number of hydrogen-bond acceptors (Lipinski definition) is 6. The first-order valence-corrected chi connectivity index (χ1v) is 9.48. The SMILES string of the molecule is COc1ccc(Cl)cc1NC(=O)C1CCCN(c2cnc3nccnc3c2)C1. The van der Waals surface area contributed by atoms with E-state index < -0.39 is 0 Å². The highest BCUT2D eigenvalue weighted by atomic mass is 35.5. The number of pyridine rings is 1. The van der Waals surface area contributed by atoms with Crippen molar-refractivity contribution in [3.05, 3.63) is 47.9 Å².